The second-order valence-corrected chi connectivity index (χ2v) is 2.75. The Bertz CT molecular complexity index is 292. The van der Waals surface area contributed by atoms with Gasteiger partial charge in [-0.05, 0) is 18.1 Å². The van der Waals surface area contributed by atoms with Gasteiger partial charge in [-0.2, -0.15) is 0 Å². The minimum atomic E-state index is -0.379. The highest BCUT2D eigenvalue weighted by molar-refractivity contribution is 5.61. The summed E-state index contributed by atoms with van der Waals surface area (Å²) in [5.41, 5.74) is 2.15. The van der Waals surface area contributed by atoms with Crippen LogP contribution in [-0.2, 0) is 0 Å². The molecule has 0 heterocycles. The van der Waals surface area contributed by atoms with Gasteiger partial charge in [0.25, 0.3) is 0 Å². The predicted octanol–water partition coefficient (Wildman–Crippen LogP) is 1.75. The zero-order valence-electron chi connectivity index (χ0n) is 7.64. The molecule has 0 bridgehead atoms. The Labute approximate surface area is 78.2 Å². The molecular weight excluding hydrogens is 164 g/mol. The van der Waals surface area contributed by atoms with Crippen molar-refractivity contribution in [3.8, 4) is 0 Å². The largest absolute Gasteiger partial charge is 0.397 e. The highest BCUT2D eigenvalue weighted by Crippen LogP contribution is 2.26. The van der Waals surface area contributed by atoms with Crippen LogP contribution in [0.15, 0.2) is 30.3 Å². The van der Waals surface area contributed by atoms with Gasteiger partial charge >= 0.3 is 0 Å². The van der Waals surface area contributed by atoms with Gasteiger partial charge in [-0.15, -0.1) is 0 Å². The highest BCUT2D eigenvalue weighted by Gasteiger charge is 2.11. The monoisotopic (exact) mass is 178 g/mol. The molecule has 2 heteroatoms. The number of aliphatic hydroxyl groups is 2. The number of fused-ring (bicyclic) bond motifs is 1. The standard InChI is InChI=1S/C9H8O.C2H6O/c10-9-6-5-7-3-1-2-4-8(7)9;1-2-3/h1-6,9-10H;3H,2H2,1H3. The van der Waals surface area contributed by atoms with E-state index in [2.05, 4.69) is 0 Å². The van der Waals surface area contributed by atoms with E-state index in [-0.39, 0.29) is 12.7 Å². The van der Waals surface area contributed by atoms with Crippen LogP contribution in [-0.4, -0.2) is 16.8 Å². The lowest BCUT2D eigenvalue weighted by Crippen LogP contribution is -1.88. The molecule has 1 aromatic rings. The summed E-state index contributed by atoms with van der Waals surface area (Å²) in [7, 11) is 0. The van der Waals surface area contributed by atoms with E-state index in [9.17, 15) is 5.11 Å². The maximum absolute atomic E-state index is 9.29. The molecule has 1 unspecified atom stereocenters. The first-order chi connectivity index (χ1) is 6.29. The number of rotatable bonds is 0. The summed E-state index contributed by atoms with van der Waals surface area (Å²) < 4.78 is 0. The Morgan fingerprint density at radius 1 is 1.31 bits per heavy atom. The second kappa shape index (κ2) is 4.80. The fraction of sp³-hybridized carbons (Fsp3) is 0.273. The van der Waals surface area contributed by atoms with Crippen molar-refractivity contribution in [3.05, 3.63) is 41.5 Å². The van der Waals surface area contributed by atoms with Gasteiger partial charge in [-0.25, -0.2) is 0 Å². The molecule has 70 valence electrons. The summed E-state index contributed by atoms with van der Waals surface area (Å²) in [6, 6.07) is 7.86. The Hall–Kier alpha value is -1.12. The van der Waals surface area contributed by atoms with Gasteiger partial charge in [0.15, 0.2) is 0 Å². The van der Waals surface area contributed by atoms with Gasteiger partial charge in [0, 0.05) is 6.61 Å². The summed E-state index contributed by atoms with van der Waals surface area (Å²) in [6.45, 7) is 1.93. The Kier molecular flexibility index (Phi) is 3.68. The lowest BCUT2D eigenvalue weighted by atomic mass is 10.1. The molecule has 0 aromatic heterocycles. The Morgan fingerprint density at radius 2 is 1.92 bits per heavy atom. The van der Waals surface area contributed by atoms with Crippen LogP contribution in [0, 0.1) is 0 Å². The molecule has 0 spiro atoms. The van der Waals surface area contributed by atoms with E-state index in [1.807, 2.05) is 30.3 Å². The molecule has 1 aliphatic carbocycles. The molecule has 0 amide bonds. The molecule has 0 aliphatic heterocycles. The summed E-state index contributed by atoms with van der Waals surface area (Å²) >= 11 is 0. The van der Waals surface area contributed by atoms with E-state index in [4.69, 9.17) is 5.11 Å². The summed E-state index contributed by atoms with van der Waals surface area (Å²) in [4.78, 5) is 0. The predicted molar refractivity (Wildman–Crippen MR) is 53.2 cm³/mol. The third-order valence-corrected chi connectivity index (χ3v) is 1.77. The summed E-state index contributed by atoms with van der Waals surface area (Å²) in [6.07, 6.45) is 3.36. The number of hydrogen-bond donors (Lipinski definition) is 2. The Morgan fingerprint density at radius 3 is 2.54 bits per heavy atom. The van der Waals surface area contributed by atoms with Gasteiger partial charge in [-0.3, -0.25) is 0 Å². The number of aliphatic hydroxyl groups excluding tert-OH is 2. The molecule has 0 saturated carbocycles. The zero-order chi connectivity index (χ0) is 9.68. The molecule has 1 aliphatic rings. The van der Waals surface area contributed by atoms with Gasteiger partial charge in [0.05, 0.1) is 6.10 Å². The van der Waals surface area contributed by atoms with Gasteiger partial charge < -0.3 is 10.2 Å². The van der Waals surface area contributed by atoms with Crippen LogP contribution < -0.4 is 0 Å². The maximum atomic E-state index is 9.29. The molecule has 2 nitrogen and oxygen atoms in total. The summed E-state index contributed by atoms with van der Waals surface area (Å²) in [5.74, 6) is 0. The lowest BCUT2D eigenvalue weighted by molar-refractivity contribution is 0.232. The maximum Gasteiger partial charge on any atom is 0.0980 e. The van der Waals surface area contributed by atoms with Crippen molar-refractivity contribution in [2.75, 3.05) is 6.61 Å². The van der Waals surface area contributed by atoms with Crippen LogP contribution >= 0.6 is 0 Å². The number of benzene rings is 1. The van der Waals surface area contributed by atoms with Gasteiger partial charge in [0.1, 0.15) is 0 Å². The molecule has 1 aromatic carbocycles. The molecule has 0 fully saturated rings. The van der Waals surface area contributed by atoms with Crippen molar-refractivity contribution >= 4 is 6.08 Å². The second-order valence-electron chi connectivity index (χ2n) is 2.75. The van der Waals surface area contributed by atoms with Gasteiger partial charge in [-0.1, -0.05) is 36.4 Å². The molecule has 0 saturated heterocycles. The first kappa shape index (κ1) is 9.96. The molecule has 13 heavy (non-hydrogen) atoms. The third-order valence-electron chi connectivity index (χ3n) is 1.77. The third kappa shape index (κ3) is 2.41. The lowest BCUT2D eigenvalue weighted by Gasteiger charge is -2.00. The van der Waals surface area contributed by atoms with Crippen molar-refractivity contribution in [2.24, 2.45) is 0 Å². The first-order valence-electron chi connectivity index (χ1n) is 4.35. The van der Waals surface area contributed by atoms with Gasteiger partial charge in [0.2, 0.25) is 0 Å². The van der Waals surface area contributed by atoms with E-state index < -0.39 is 0 Å². The zero-order valence-corrected chi connectivity index (χ0v) is 7.64. The highest BCUT2D eigenvalue weighted by atomic mass is 16.3. The van der Waals surface area contributed by atoms with Crippen LogP contribution in [0.3, 0.4) is 0 Å². The van der Waals surface area contributed by atoms with E-state index >= 15 is 0 Å². The molecule has 2 rings (SSSR count). The van der Waals surface area contributed by atoms with Crippen LogP contribution in [0.2, 0.25) is 0 Å². The van der Waals surface area contributed by atoms with Crippen molar-refractivity contribution in [2.45, 2.75) is 13.0 Å². The minimum absolute atomic E-state index is 0.250. The summed E-state index contributed by atoms with van der Waals surface area (Å²) in [5, 5.41) is 16.9. The fourth-order valence-electron chi connectivity index (χ4n) is 1.23. The van der Waals surface area contributed by atoms with E-state index in [0.717, 1.165) is 11.1 Å². The quantitative estimate of drug-likeness (QED) is 0.635. The minimum Gasteiger partial charge on any atom is -0.397 e. The Balaban J connectivity index is 0.000000251. The van der Waals surface area contributed by atoms with Crippen molar-refractivity contribution in [3.63, 3.8) is 0 Å². The van der Waals surface area contributed by atoms with Crippen molar-refractivity contribution < 1.29 is 10.2 Å². The average molecular weight is 178 g/mol. The van der Waals surface area contributed by atoms with Crippen LogP contribution in [0.1, 0.15) is 24.2 Å². The number of hydrogen-bond acceptors (Lipinski definition) is 2. The van der Waals surface area contributed by atoms with E-state index in [1.165, 1.54) is 0 Å². The molecule has 1 atom stereocenters. The SMILES string of the molecule is CCO.OC1C=Cc2ccccc21. The topological polar surface area (TPSA) is 40.5 Å². The normalized spacial score (nSPS) is 17.6. The van der Waals surface area contributed by atoms with E-state index in [1.54, 1.807) is 13.0 Å². The van der Waals surface area contributed by atoms with Crippen LogP contribution in [0.5, 0.6) is 0 Å². The fourth-order valence-corrected chi connectivity index (χ4v) is 1.23. The molecule has 2 N–H and O–H groups in total. The van der Waals surface area contributed by atoms with E-state index in [0.29, 0.717) is 0 Å². The smallest absolute Gasteiger partial charge is 0.0980 e. The average Bonchev–Trinajstić information content (AvgIpc) is 2.50. The molecular formula is C11H14O2. The van der Waals surface area contributed by atoms with Crippen LogP contribution in [0.25, 0.3) is 6.08 Å². The molecule has 0 radical (unpaired) electrons. The van der Waals surface area contributed by atoms with Crippen molar-refractivity contribution in [1.82, 2.24) is 0 Å². The van der Waals surface area contributed by atoms with Crippen LogP contribution in [0.4, 0.5) is 0 Å². The first-order valence-corrected chi connectivity index (χ1v) is 4.35. The van der Waals surface area contributed by atoms with Crippen molar-refractivity contribution in [1.29, 1.82) is 0 Å².